The topological polar surface area (TPSA) is 252 Å². The largest absolute Gasteiger partial charge is 0.480 e. The summed E-state index contributed by atoms with van der Waals surface area (Å²) in [5.41, 5.74) is 21.8. The Morgan fingerprint density at radius 1 is 1.11 bits per heavy atom. The van der Waals surface area contributed by atoms with E-state index >= 15 is 0 Å². The number of carbonyl (C=O) groups is 4. The third-order valence-corrected chi connectivity index (χ3v) is 5.75. The maximum absolute atomic E-state index is 13.2. The first-order valence-corrected chi connectivity index (χ1v) is 11.8. The lowest BCUT2D eigenvalue weighted by Crippen LogP contribution is -2.59. The smallest absolute Gasteiger partial charge is 0.326 e. The molecular formula is C21H40N8O6. The summed E-state index contributed by atoms with van der Waals surface area (Å²) in [6.07, 6.45) is 1.71. The van der Waals surface area contributed by atoms with Crippen molar-refractivity contribution < 1.29 is 29.4 Å². The van der Waals surface area contributed by atoms with Gasteiger partial charge >= 0.3 is 5.97 Å². The van der Waals surface area contributed by atoms with E-state index in [1.807, 2.05) is 0 Å². The van der Waals surface area contributed by atoms with Crippen LogP contribution in [0.5, 0.6) is 0 Å². The van der Waals surface area contributed by atoms with Crippen LogP contribution in [0.25, 0.3) is 0 Å². The fraction of sp³-hybridized carbons (Fsp3) is 0.762. The number of aliphatic imine (C=N–C) groups is 1. The predicted octanol–water partition coefficient (Wildman–Crippen LogP) is -3.08. The number of aliphatic hydroxyl groups excluding tert-OH is 1. The highest BCUT2D eigenvalue weighted by atomic mass is 16.4. The van der Waals surface area contributed by atoms with Crippen LogP contribution in [0.3, 0.4) is 0 Å². The van der Waals surface area contributed by atoms with Crippen LogP contribution in [0.2, 0.25) is 0 Å². The molecule has 0 aromatic carbocycles. The molecule has 12 N–H and O–H groups in total. The van der Waals surface area contributed by atoms with Gasteiger partial charge in [0.15, 0.2) is 5.96 Å². The highest BCUT2D eigenvalue weighted by Crippen LogP contribution is 2.20. The van der Waals surface area contributed by atoms with Gasteiger partial charge in [-0.1, -0.05) is 6.42 Å². The normalized spacial score (nSPS) is 18.7. The molecule has 0 aromatic heterocycles. The Hall–Kier alpha value is -2.97. The number of hydrogen-bond donors (Lipinski definition) is 8. The Bertz CT molecular complexity index is 758. The van der Waals surface area contributed by atoms with E-state index in [1.165, 1.54) is 11.8 Å². The summed E-state index contributed by atoms with van der Waals surface area (Å²) in [5.74, 6) is -3.19. The molecule has 14 nitrogen and oxygen atoms in total. The zero-order valence-electron chi connectivity index (χ0n) is 20.2. The minimum atomic E-state index is -1.30. The van der Waals surface area contributed by atoms with Gasteiger partial charge in [0.05, 0.1) is 12.1 Å². The quantitative estimate of drug-likeness (QED) is 0.0639. The molecule has 14 heteroatoms. The zero-order valence-corrected chi connectivity index (χ0v) is 20.2. The summed E-state index contributed by atoms with van der Waals surface area (Å²) in [5, 5.41) is 24.6. The number of carbonyl (C=O) groups excluding carboxylic acids is 3. The number of unbranched alkanes of at least 4 members (excludes halogenated alkanes) is 1. The van der Waals surface area contributed by atoms with E-state index in [0.29, 0.717) is 45.1 Å². The molecule has 35 heavy (non-hydrogen) atoms. The first kappa shape index (κ1) is 30.1. The number of likely N-dealkylation sites (tertiary alicyclic amines) is 1. The van der Waals surface area contributed by atoms with Crippen LogP contribution in [0.4, 0.5) is 0 Å². The molecule has 0 aromatic rings. The molecule has 3 amide bonds. The van der Waals surface area contributed by atoms with Gasteiger partial charge in [-0.25, -0.2) is 4.79 Å². The molecular weight excluding hydrogens is 460 g/mol. The van der Waals surface area contributed by atoms with E-state index in [-0.39, 0.29) is 25.5 Å². The number of nitrogens with zero attached hydrogens (tertiary/aromatic N) is 2. The van der Waals surface area contributed by atoms with Crippen LogP contribution in [0.15, 0.2) is 4.99 Å². The number of rotatable bonds is 15. The maximum Gasteiger partial charge on any atom is 0.326 e. The van der Waals surface area contributed by atoms with Crippen LogP contribution in [0.1, 0.15) is 51.9 Å². The fourth-order valence-electron chi connectivity index (χ4n) is 3.80. The van der Waals surface area contributed by atoms with Crippen molar-refractivity contribution in [3.8, 4) is 0 Å². The second kappa shape index (κ2) is 15.1. The van der Waals surface area contributed by atoms with E-state index in [1.54, 1.807) is 0 Å². The summed E-state index contributed by atoms with van der Waals surface area (Å²) in [6.45, 7) is 2.26. The molecule has 5 unspecified atom stereocenters. The van der Waals surface area contributed by atoms with Crippen molar-refractivity contribution in [2.75, 3.05) is 19.6 Å². The Kier molecular flexibility index (Phi) is 13.0. The highest BCUT2D eigenvalue weighted by Gasteiger charge is 2.40. The minimum Gasteiger partial charge on any atom is -0.480 e. The number of aliphatic carboxylic acids is 1. The molecule has 0 aliphatic carbocycles. The van der Waals surface area contributed by atoms with E-state index in [9.17, 15) is 29.4 Å². The molecule has 0 spiro atoms. The van der Waals surface area contributed by atoms with E-state index in [4.69, 9.17) is 22.9 Å². The molecule has 1 rings (SSSR count). The monoisotopic (exact) mass is 500 g/mol. The molecule has 200 valence electrons. The number of carboxylic acid groups (broad SMARTS) is 1. The number of guanidine groups is 1. The second-order valence-electron chi connectivity index (χ2n) is 8.66. The summed E-state index contributed by atoms with van der Waals surface area (Å²) >= 11 is 0. The van der Waals surface area contributed by atoms with Crippen molar-refractivity contribution in [2.45, 2.75) is 82.1 Å². The highest BCUT2D eigenvalue weighted by molar-refractivity contribution is 5.94. The summed E-state index contributed by atoms with van der Waals surface area (Å²) in [4.78, 5) is 55.1. The van der Waals surface area contributed by atoms with Gasteiger partial charge in [0.2, 0.25) is 17.7 Å². The van der Waals surface area contributed by atoms with Crippen LogP contribution in [-0.4, -0.2) is 94.7 Å². The first-order chi connectivity index (χ1) is 16.5. The number of hydrogen-bond acceptors (Lipinski definition) is 8. The van der Waals surface area contributed by atoms with Crippen molar-refractivity contribution in [3.63, 3.8) is 0 Å². The molecule has 1 fully saturated rings. The number of carboxylic acids is 1. The van der Waals surface area contributed by atoms with Crippen molar-refractivity contribution in [1.29, 1.82) is 0 Å². The molecule has 5 atom stereocenters. The standard InChI is InChI=1S/C21H40N8O6/c1-12(30)16(28-17(31)13(23)6-2-3-9-22)19(33)29-11-5-8-15(29)18(32)27-14(20(34)35)7-4-10-26-21(24)25/h12-16,30H,2-11,22-23H2,1H3,(H,27,32)(H,28,31)(H,34,35)(H4,24,25,26). The van der Waals surface area contributed by atoms with Crippen LogP contribution < -0.4 is 33.6 Å². The summed E-state index contributed by atoms with van der Waals surface area (Å²) < 4.78 is 0. The average molecular weight is 501 g/mol. The Morgan fingerprint density at radius 3 is 2.37 bits per heavy atom. The Morgan fingerprint density at radius 2 is 1.80 bits per heavy atom. The van der Waals surface area contributed by atoms with Crippen LogP contribution in [-0.2, 0) is 19.2 Å². The predicted molar refractivity (Wildman–Crippen MR) is 129 cm³/mol. The van der Waals surface area contributed by atoms with Gasteiger partial charge in [-0.05, 0) is 52.0 Å². The molecule has 0 bridgehead atoms. The van der Waals surface area contributed by atoms with E-state index < -0.39 is 54.0 Å². The van der Waals surface area contributed by atoms with Gasteiger partial charge in [0.1, 0.15) is 18.1 Å². The number of amides is 3. The third-order valence-electron chi connectivity index (χ3n) is 5.75. The number of aliphatic hydroxyl groups is 1. The van der Waals surface area contributed by atoms with Crippen LogP contribution >= 0.6 is 0 Å². The van der Waals surface area contributed by atoms with Crippen molar-refractivity contribution in [1.82, 2.24) is 15.5 Å². The first-order valence-electron chi connectivity index (χ1n) is 11.8. The van der Waals surface area contributed by atoms with Crippen LogP contribution in [0, 0.1) is 0 Å². The van der Waals surface area contributed by atoms with Gasteiger partial charge < -0.3 is 48.7 Å². The van der Waals surface area contributed by atoms with Crippen molar-refractivity contribution in [3.05, 3.63) is 0 Å². The van der Waals surface area contributed by atoms with Crippen molar-refractivity contribution >= 4 is 29.7 Å². The Labute approximate surface area is 204 Å². The van der Waals surface area contributed by atoms with Gasteiger partial charge in [-0.15, -0.1) is 0 Å². The summed E-state index contributed by atoms with van der Waals surface area (Å²) in [7, 11) is 0. The second-order valence-corrected chi connectivity index (χ2v) is 8.66. The van der Waals surface area contributed by atoms with Gasteiger partial charge in [-0.3, -0.25) is 19.4 Å². The van der Waals surface area contributed by atoms with E-state index in [2.05, 4.69) is 15.6 Å². The molecule has 1 aliphatic heterocycles. The lowest BCUT2D eigenvalue weighted by Gasteiger charge is -2.31. The third kappa shape index (κ3) is 10.0. The van der Waals surface area contributed by atoms with Gasteiger partial charge in [0.25, 0.3) is 0 Å². The molecule has 1 heterocycles. The molecule has 0 saturated carbocycles. The van der Waals surface area contributed by atoms with Crippen molar-refractivity contribution in [2.24, 2.45) is 27.9 Å². The van der Waals surface area contributed by atoms with E-state index in [0.717, 1.165) is 0 Å². The molecule has 0 radical (unpaired) electrons. The van der Waals surface area contributed by atoms with Gasteiger partial charge in [0, 0.05) is 13.1 Å². The molecule has 1 saturated heterocycles. The average Bonchev–Trinajstić information content (AvgIpc) is 3.28. The lowest BCUT2D eigenvalue weighted by atomic mass is 10.1. The minimum absolute atomic E-state index is 0.0902. The number of nitrogens with two attached hydrogens (primary N) is 4. The SMILES string of the molecule is CC(O)C(NC(=O)C(N)CCCCN)C(=O)N1CCCC1C(=O)NC(CCCN=C(N)N)C(=O)O. The summed E-state index contributed by atoms with van der Waals surface area (Å²) in [6, 6.07) is -4.29. The number of nitrogens with one attached hydrogen (secondary N) is 2. The maximum atomic E-state index is 13.2. The lowest BCUT2D eigenvalue weighted by molar-refractivity contribution is -0.146. The zero-order chi connectivity index (χ0) is 26.5. The Balaban J connectivity index is 2.82. The fourth-order valence-corrected chi connectivity index (χ4v) is 3.80. The molecule has 1 aliphatic rings. The van der Waals surface area contributed by atoms with Gasteiger partial charge in [-0.2, -0.15) is 0 Å².